The van der Waals surface area contributed by atoms with Gasteiger partial charge in [-0.3, -0.25) is 0 Å². The number of piperazine rings is 1. The van der Waals surface area contributed by atoms with E-state index in [1.54, 1.807) is 12.6 Å². The summed E-state index contributed by atoms with van der Waals surface area (Å²) < 4.78 is 19.2. The fourth-order valence-corrected chi connectivity index (χ4v) is 6.60. The van der Waals surface area contributed by atoms with Crippen molar-refractivity contribution in [1.29, 1.82) is 0 Å². The van der Waals surface area contributed by atoms with Crippen molar-refractivity contribution in [3.05, 3.63) is 54.5 Å². The standard InChI is InChI=1S/C29H37N7O3S/c1-40(38)36-14-12-33(13-15-36)25-6-7-26-27(20-25)30-21-31-28(26)22-8-10-35(11-9-22)29(37)32-23-2-4-24(5-3-23)34-16-18-39-19-17-34/h2-7,20-22H,8-19H2,1H3,(H,32,37). The Morgan fingerprint density at radius 2 is 1.55 bits per heavy atom. The number of carbonyl (C=O) groups is 1. The molecular formula is C29H37N7O3S. The van der Waals surface area contributed by atoms with Gasteiger partial charge in [0.1, 0.15) is 6.33 Å². The third kappa shape index (κ3) is 5.91. The predicted octanol–water partition coefficient (Wildman–Crippen LogP) is 3.29. The van der Waals surface area contributed by atoms with Crippen LogP contribution in [0.15, 0.2) is 48.8 Å². The van der Waals surface area contributed by atoms with E-state index in [9.17, 15) is 9.00 Å². The van der Waals surface area contributed by atoms with E-state index in [0.29, 0.717) is 13.1 Å². The Morgan fingerprint density at radius 1 is 0.875 bits per heavy atom. The normalized spacial score (nSPS) is 20.1. The van der Waals surface area contributed by atoms with E-state index in [4.69, 9.17) is 9.72 Å². The van der Waals surface area contributed by atoms with Crippen molar-refractivity contribution in [2.75, 3.05) is 86.9 Å². The van der Waals surface area contributed by atoms with Crippen molar-refractivity contribution in [2.24, 2.45) is 0 Å². The SMILES string of the molecule is CS(=O)N1CCN(c2ccc3c(C4CCN(C(=O)Nc5ccc(N6CCOCC6)cc5)CC4)ncnc3c2)CC1. The molecule has 3 aliphatic heterocycles. The number of hydrogen-bond acceptors (Lipinski definition) is 7. The summed E-state index contributed by atoms with van der Waals surface area (Å²) in [5, 5.41) is 4.15. The summed E-state index contributed by atoms with van der Waals surface area (Å²) in [4.78, 5) is 28.8. The molecule has 3 saturated heterocycles. The van der Waals surface area contributed by atoms with Crippen LogP contribution in [0.4, 0.5) is 21.9 Å². The fraction of sp³-hybridized carbons (Fsp3) is 0.483. The highest BCUT2D eigenvalue weighted by molar-refractivity contribution is 7.81. The van der Waals surface area contributed by atoms with Gasteiger partial charge in [-0.15, -0.1) is 0 Å². The van der Waals surface area contributed by atoms with Gasteiger partial charge in [0.25, 0.3) is 0 Å². The monoisotopic (exact) mass is 563 g/mol. The third-order valence-electron chi connectivity index (χ3n) is 8.28. The minimum absolute atomic E-state index is 0.0539. The quantitative estimate of drug-likeness (QED) is 0.509. The number of likely N-dealkylation sites (tertiary alicyclic amines) is 1. The van der Waals surface area contributed by atoms with Crippen molar-refractivity contribution >= 4 is 45.0 Å². The largest absolute Gasteiger partial charge is 0.378 e. The number of amides is 2. The average Bonchev–Trinajstić information content (AvgIpc) is 3.01. The van der Waals surface area contributed by atoms with Gasteiger partial charge in [-0.2, -0.15) is 0 Å². The number of carbonyl (C=O) groups excluding carboxylic acids is 1. The topological polar surface area (TPSA) is 94.1 Å². The van der Waals surface area contributed by atoms with E-state index in [1.807, 2.05) is 21.3 Å². The van der Waals surface area contributed by atoms with Gasteiger partial charge >= 0.3 is 6.03 Å². The molecule has 10 nitrogen and oxygen atoms in total. The maximum atomic E-state index is 13.0. The van der Waals surface area contributed by atoms with Gasteiger partial charge in [-0.1, -0.05) is 0 Å². The first-order valence-electron chi connectivity index (χ1n) is 14.1. The lowest BCUT2D eigenvalue weighted by atomic mass is 9.91. The van der Waals surface area contributed by atoms with Crippen molar-refractivity contribution in [3.63, 3.8) is 0 Å². The smallest absolute Gasteiger partial charge is 0.321 e. The second kappa shape index (κ2) is 12.1. The van der Waals surface area contributed by atoms with Crippen LogP contribution in [-0.2, 0) is 15.7 Å². The fourth-order valence-electron chi connectivity index (χ4n) is 5.93. The number of rotatable bonds is 5. The van der Waals surface area contributed by atoms with Crippen LogP contribution in [0.1, 0.15) is 24.5 Å². The van der Waals surface area contributed by atoms with Crippen LogP contribution in [0.3, 0.4) is 0 Å². The summed E-state index contributed by atoms with van der Waals surface area (Å²) >= 11 is 0. The van der Waals surface area contributed by atoms with Gasteiger partial charge in [0, 0.05) is 87.0 Å². The van der Waals surface area contributed by atoms with E-state index < -0.39 is 11.0 Å². The zero-order valence-electron chi connectivity index (χ0n) is 23.0. The van der Waals surface area contributed by atoms with E-state index in [-0.39, 0.29) is 11.9 Å². The van der Waals surface area contributed by atoms with Gasteiger partial charge < -0.3 is 24.8 Å². The van der Waals surface area contributed by atoms with Crippen LogP contribution in [0.25, 0.3) is 10.9 Å². The summed E-state index contributed by atoms with van der Waals surface area (Å²) in [6.45, 7) is 7.95. The Hall–Kier alpha value is -3.28. The lowest BCUT2D eigenvalue weighted by Crippen LogP contribution is -2.46. The molecule has 3 aromatic rings. The molecule has 6 rings (SSSR count). The molecule has 2 amide bonds. The van der Waals surface area contributed by atoms with Gasteiger partial charge in [0.05, 0.1) is 35.4 Å². The highest BCUT2D eigenvalue weighted by Crippen LogP contribution is 2.33. The Balaban J connectivity index is 1.05. The first-order chi connectivity index (χ1) is 19.5. The van der Waals surface area contributed by atoms with Gasteiger partial charge in [-0.05, 0) is 55.3 Å². The number of fused-ring (bicyclic) bond motifs is 1. The van der Waals surface area contributed by atoms with Gasteiger partial charge in [0.2, 0.25) is 0 Å². The molecule has 2 aromatic carbocycles. The molecule has 4 heterocycles. The Morgan fingerprint density at radius 3 is 2.25 bits per heavy atom. The average molecular weight is 564 g/mol. The van der Waals surface area contributed by atoms with Crippen molar-refractivity contribution in [3.8, 4) is 0 Å². The molecular weight excluding hydrogens is 526 g/mol. The summed E-state index contributed by atoms with van der Waals surface area (Å²) in [5.74, 6) is 0.288. The second-order valence-electron chi connectivity index (χ2n) is 10.6. The van der Waals surface area contributed by atoms with Gasteiger partial charge in [0.15, 0.2) is 0 Å². The van der Waals surface area contributed by atoms with Crippen LogP contribution in [0, 0.1) is 0 Å². The zero-order valence-corrected chi connectivity index (χ0v) is 23.8. The molecule has 1 unspecified atom stereocenters. The molecule has 0 spiro atoms. The molecule has 11 heteroatoms. The lowest BCUT2D eigenvalue weighted by Gasteiger charge is -2.34. The Kier molecular flexibility index (Phi) is 8.12. The summed E-state index contributed by atoms with van der Waals surface area (Å²) in [7, 11) is -0.917. The van der Waals surface area contributed by atoms with E-state index in [1.165, 1.54) is 0 Å². The highest BCUT2D eigenvalue weighted by atomic mass is 32.2. The maximum Gasteiger partial charge on any atom is 0.321 e. The number of benzene rings is 2. The number of anilines is 3. The second-order valence-corrected chi connectivity index (χ2v) is 12.0. The predicted molar refractivity (Wildman–Crippen MR) is 159 cm³/mol. The summed E-state index contributed by atoms with van der Waals surface area (Å²) in [5.41, 5.74) is 5.13. The van der Waals surface area contributed by atoms with Crippen LogP contribution in [-0.4, -0.2) is 101 Å². The van der Waals surface area contributed by atoms with E-state index >= 15 is 0 Å². The minimum atomic E-state index is -0.917. The molecule has 212 valence electrons. The van der Waals surface area contributed by atoms with Gasteiger partial charge in [-0.25, -0.2) is 23.3 Å². The number of morpholine rings is 1. The molecule has 0 radical (unpaired) electrons. The first-order valence-corrected chi connectivity index (χ1v) is 15.6. The molecule has 3 aliphatic rings. The van der Waals surface area contributed by atoms with Crippen molar-refractivity contribution in [1.82, 2.24) is 19.2 Å². The van der Waals surface area contributed by atoms with Crippen LogP contribution >= 0.6 is 0 Å². The van der Waals surface area contributed by atoms with Crippen LogP contribution in [0.2, 0.25) is 0 Å². The van der Waals surface area contributed by atoms with E-state index in [2.05, 4.69) is 50.4 Å². The summed E-state index contributed by atoms with van der Waals surface area (Å²) in [6.07, 6.45) is 5.15. The molecule has 0 saturated carbocycles. The number of urea groups is 1. The van der Waals surface area contributed by atoms with E-state index in [0.717, 1.165) is 99.0 Å². The Labute approximate surface area is 237 Å². The molecule has 1 atom stereocenters. The number of ether oxygens (including phenoxy) is 1. The number of piperidine rings is 1. The molecule has 40 heavy (non-hydrogen) atoms. The van der Waals surface area contributed by atoms with Crippen molar-refractivity contribution in [2.45, 2.75) is 18.8 Å². The first kappa shape index (κ1) is 26.9. The zero-order chi connectivity index (χ0) is 27.5. The number of hydrogen-bond donors (Lipinski definition) is 1. The molecule has 0 bridgehead atoms. The van der Waals surface area contributed by atoms with Crippen LogP contribution < -0.4 is 15.1 Å². The Bertz CT molecular complexity index is 1350. The third-order valence-corrected chi connectivity index (χ3v) is 9.37. The maximum absolute atomic E-state index is 13.0. The number of nitrogens with zero attached hydrogens (tertiary/aromatic N) is 6. The summed E-state index contributed by atoms with van der Waals surface area (Å²) in [6, 6.07) is 14.5. The molecule has 0 aliphatic carbocycles. The molecule has 3 fully saturated rings. The molecule has 1 N–H and O–H groups in total. The number of nitrogens with one attached hydrogen (secondary N) is 1. The lowest BCUT2D eigenvalue weighted by molar-refractivity contribution is 0.122. The highest BCUT2D eigenvalue weighted by Gasteiger charge is 2.27. The molecule has 1 aromatic heterocycles. The van der Waals surface area contributed by atoms with Crippen molar-refractivity contribution < 1.29 is 13.7 Å². The van der Waals surface area contributed by atoms with Crippen LogP contribution in [0.5, 0.6) is 0 Å². The number of aromatic nitrogens is 2. The minimum Gasteiger partial charge on any atom is -0.378 e.